The van der Waals surface area contributed by atoms with Crippen molar-refractivity contribution >= 4 is 34.5 Å². The SMILES string of the molecule is Cc1cc(C)c(C(Cl)c2cc(F)c(Cl)cc2F)s1. The Morgan fingerprint density at radius 1 is 1.11 bits per heavy atom. The van der Waals surface area contributed by atoms with Crippen LogP contribution in [-0.4, -0.2) is 0 Å². The van der Waals surface area contributed by atoms with Gasteiger partial charge in [0.1, 0.15) is 11.6 Å². The van der Waals surface area contributed by atoms with Crippen LogP contribution >= 0.6 is 34.5 Å². The first kappa shape index (κ1) is 13.8. The molecule has 1 heterocycles. The molecular formula is C13H10Cl2F2S. The Morgan fingerprint density at radius 3 is 2.33 bits per heavy atom. The zero-order chi connectivity index (χ0) is 13.4. The Labute approximate surface area is 118 Å². The van der Waals surface area contributed by atoms with Crippen LogP contribution in [0, 0.1) is 25.5 Å². The van der Waals surface area contributed by atoms with Gasteiger partial charge in [0.05, 0.1) is 10.4 Å². The summed E-state index contributed by atoms with van der Waals surface area (Å²) in [7, 11) is 0. The predicted octanol–water partition coefficient (Wildman–Crippen LogP) is 5.62. The molecule has 0 nitrogen and oxygen atoms in total. The molecule has 0 saturated heterocycles. The van der Waals surface area contributed by atoms with Crippen LogP contribution in [0.1, 0.15) is 26.3 Å². The summed E-state index contributed by atoms with van der Waals surface area (Å²) in [5.41, 5.74) is 1.09. The summed E-state index contributed by atoms with van der Waals surface area (Å²) < 4.78 is 27.2. The molecule has 96 valence electrons. The second kappa shape index (κ2) is 5.16. The van der Waals surface area contributed by atoms with Crippen LogP contribution in [0.15, 0.2) is 18.2 Å². The van der Waals surface area contributed by atoms with Gasteiger partial charge in [-0.1, -0.05) is 11.6 Å². The van der Waals surface area contributed by atoms with E-state index in [2.05, 4.69) is 0 Å². The first-order chi connectivity index (χ1) is 8.40. The molecule has 1 unspecified atom stereocenters. The van der Waals surface area contributed by atoms with Crippen LogP contribution in [0.5, 0.6) is 0 Å². The van der Waals surface area contributed by atoms with Crippen molar-refractivity contribution in [2.45, 2.75) is 19.2 Å². The molecule has 0 N–H and O–H groups in total. The normalized spacial score (nSPS) is 12.8. The summed E-state index contributed by atoms with van der Waals surface area (Å²) in [5, 5.41) is -0.935. The van der Waals surface area contributed by atoms with Crippen LogP contribution in [0.2, 0.25) is 5.02 Å². The zero-order valence-corrected chi connectivity index (χ0v) is 12.1. The van der Waals surface area contributed by atoms with Gasteiger partial charge in [-0.05, 0) is 37.6 Å². The van der Waals surface area contributed by atoms with E-state index in [1.807, 2.05) is 19.9 Å². The predicted molar refractivity (Wildman–Crippen MR) is 72.9 cm³/mol. The maximum Gasteiger partial charge on any atom is 0.142 e. The number of alkyl halides is 1. The minimum absolute atomic E-state index is 0.114. The maximum atomic E-state index is 13.8. The monoisotopic (exact) mass is 306 g/mol. The molecule has 0 saturated carbocycles. The molecule has 0 bridgehead atoms. The highest BCUT2D eigenvalue weighted by molar-refractivity contribution is 7.12. The number of halogens is 4. The number of benzene rings is 1. The van der Waals surface area contributed by atoms with E-state index in [-0.39, 0.29) is 10.6 Å². The molecular weight excluding hydrogens is 297 g/mol. The molecule has 1 atom stereocenters. The third-order valence-electron chi connectivity index (χ3n) is 2.62. The van der Waals surface area contributed by atoms with Crippen molar-refractivity contribution in [3.63, 3.8) is 0 Å². The van der Waals surface area contributed by atoms with Gasteiger partial charge in [0.25, 0.3) is 0 Å². The van der Waals surface area contributed by atoms with Gasteiger partial charge in [-0.2, -0.15) is 0 Å². The summed E-state index contributed by atoms with van der Waals surface area (Å²) in [6.07, 6.45) is 0. The molecule has 0 aliphatic carbocycles. The minimum atomic E-state index is -0.699. The van der Waals surface area contributed by atoms with E-state index in [0.29, 0.717) is 0 Å². The lowest BCUT2D eigenvalue weighted by Crippen LogP contribution is -1.98. The van der Waals surface area contributed by atoms with Crippen LogP contribution < -0.4 is 0 Å². The van der Waals surface area contributed by atoms with Gasteiger partial charge < -0.3 is 0 Å². The average Bonchev–Trinajstić information content (AvgIpc) is 2.62. The van der Waals surface area contributed by atoms with E-state index in [0.717, 1.165) is 27.5 Å². The molecule has 1 aromatic heterocycles. The van der Waals surface area contributed by atoms with E-state index >= 15 is 0 Å². The fourth-order valence-electron chi connectivity index (χ4n) is 1.78. The third kappa shape index (κ3) is 2.53. The van der Waals surface area contributed by atoms with E-state index in [1.165, 1.54) is 11.3 Å². The van der Waals surface area contributed by atoms with Gasteiger partial charge in [-0.15, -0.1) is 22.9 Å². The number of aryl methyl sites for hydroxylation is 2. The average molecular weight is 307 g/mol. The second-order valence-corrected chi connectivity index (χ2v) is 6.19. The molecule has 2 rings (SSSR count). The fourth-order valence-corrected chi connectivity index (χ4v) is 3.44. The lowest BCUT2D eigenvalue weighted by atomic mass is 10.1. The standard InChI is InChI=1S/C13H10Cl2F2S/c1-6-3-7(2)18-13(6)12(15)8-4-11(17)9(14)5-10(8)16/h3-5,12H,1-2H3. The van der Waals surface area contributed by atoms with E-state index in [1.54, 1.807) is 0 Å². The van der Waals surface area contributed by atoms with Crippen LogP contribution in [-0.2, 0) is 0 Å². The van der Waals surface area contributed by atoms with Crippen molar-refractivity contribution in [2.75, 3.05) is 0 Å². The smallest absolute Gasteiger partial charge is 0.142 e. The van der Waals surface area contributed by atoms with Gasteiger partial charge in [-0.25, -0.2) is 8.78 Å². The molecule has 18 heavy (non-hydrogen) atoms. The second-order valence-electron chi connectivity index (χ2n) is 4.05. The van der Waals surface area contributed by atoms with E-state index < -0.39 is 17.0 Å². The van der Waals surface area contributed by atoms with Crippen LogP contribution in [0.4, 0.5) is 8.78 Å². The zero-order valence-electron chi connectivity index (χ0n) is 9.73. The Bertz CT molecular complexity index is 593. The highest BCUT2D eigenvalue weighted by Gasteiger charge is 2.21. The van der Waals surface area contributed by atoms with Gasteiger partial charge in [0, 0.05) is 15.3 Å². The summed E-state index contributed by atoms with van der Waals surface area (Å²) >= 11 is 13.2. The van der Waals surface area contributed by atoms with Crippen molar-refractivity contribution in [1.82, 2.24) is 0 Å². The molecule has 5 heteroatoms. The van der Waals surface area contributed by atoms with Gasteiger partial charge >= 0.3 is 0 Å². The first-order valence-electron chi connectivity index (χ1n) is 5.25. The summed E-state index contributed by atoms with van der Waals surface area (Å²) in [6.45, 7) is 3.85. The number of hydrogen-bond acceptors (Lipinski definition) is 1. The van der Waals surface area contributed by atoms with Crippen molar-refractivity contribution in [2.24, 2.45) is 0 Å². The lowest BCUT2D eigenvalue weighted by Gasteiger charge is -2.11. The van der Waals surface area contributed by atoms with Gasteiger partial charge in [-0.3, -0.25) is 0 Å². The molecule has 1 aromatic carbocycles. The molecule has 0 amide bonds. The third-order valence-corrected chi connectivity index (χ3v) is 4.71. The Balaban J connectivity index is 2.49. The Hall–Kier alpha value is -0.640. The van der Waals surface area contributed by atoms with Gasteiger partial charge in [0.2, 0.25) is 0 Å². The van der Waals surface area contributed by atoms with Crippen molar-refractivity contribution in [3.8, 4) is 0 Å². The molecule has 0 fully saturated rings. The lowest BCUT2D eigenvalue weighted by molar-refractivity contribution is 0.588. The quantitative estimate of drug-likeness (QED) is 0.498. The maximum absolute atomic E-state index is 13.8. The van der Waals surface area contributed by atoms with Crippen molar-refractivity contribution in [1.29, 1.82) is 0 Å². The van der Waals surface area contributed by atoms with Gasteiger partial charge in [0.15, 0.2) is 0 Å². The van der Waals surface area contributed by atoms with Crippen LogP contribution in [0.25, 0.3) is 0 Å². The first-order valence-corrected chi connectivity index (χ1v) is 6.88. The number of hydrogen-bond donors (Lipinski definition) is 0. The summed E-state index contributed by atoms with van der Waals surface area (Å²) in [6, 6.07) is 3.99. The molecule has 0 aliphatic heterocycles. The summed E-state index contributed by atoms with van der Waals surface area (Å²) in [4.78, 5) is 1.91. The molecule has 2 aromatic rings. The highest BCUT2D eigenvalue weighted by atomic mass is 35.5. The largest absolute Gasteiger partial charge is 0.207 e. The van der Waals surface area contributed by atoms with Crippen molar-refractivity contribution < 1.29 is 8.78 Å². The molecule has 0 spiro atoms. The molecule has 0 radical (unpaired) electrons. The fraction of sp³-hybridized carbons (Fsp3) is 0.231. The number of thiophene rings is 1. The highest BCUT2D eigenvalue weighted by Crippen LogP contribution is 2.38. The van der Waals surface area contributed by atoms with E-state index in [9.17, 15) is 8.78 Å². The van der Waals surface area contributed by atoms with E-state index in [4.69, 9.17) is 23.2 Å². The molecule has 0 aliphatic rings. The number of rotatable bonds is 2. The van der Waals surface area contributed by atoms with Crippen molar-refractivity contribution in [3.05, 3.63) is 55.7 Å². The van der Waals surface area contributed by atoms with Crippen LogP contribution in [0.3, 0.4) is 0 Å². The topological polar surface area (TPSA) is 0 Å². The Kier molecular flexibility index (Phi) is 3.95. The minimum Gasteiger partial charge on any atom is -0.207 e. The summed E-state index contributed by atoms with van der Waals surface area (Å²) in [5.74, 6) is -1.25. The Morgan fingerprint density at radius 2 is 1.78 bits per heavy atom.